The van der Waals surface area contributed by atoms with Gasteiger partial charge in [-0.2, -0.15) is 22.0 Å². The second-order valence-electron chi connectivity index (χ2n) is 6.64. The fourth-order valence-corrected chi connectivity index (χ4v) is 2.98. The molecule has 2 radical (unpaired) electrons. The van der Waals surface area contributed by atoms with Crippen LogP contribution in [0, 0.1) is 12.3 Å². The van der Waals surface area contributed by atoms with Gasteiger partial charge in [-0.3, -0.25) is 4.79 Å². The van der Waals surface area contributed by atoms with E-state index < -0.39 is 24.4 Å². The first-order chi connectivity index (χ1) is 11.8. The highest BCUT2D eigenvalue weighted by Crippen LogP contribution is 2.42. The van der Waals surface area contributed by atoms with E-state index in [1.165, 1.54) is 0 Å². The van der Waals surface area contributed by atoms with Gasteiger partial charge in [0.2, 0.25) is 6.29 Å². The van der Waals surface area contributed by atoms with E-state index in [9.17, 15) is 26.7 Å². The normalized spacial score (nSPS) is 18.3. The van der Waals surface area contributed by atoms with Crippen molar-refractivity contribution in [1.29, 1.82) is 0 Å². The van der Waals surface area contributed by atoms with Crippen LogP contribution in [0.2, 0.25) is 0 Å². The third kappa shape index (κ3) is 8.01. The van der Waals surface area contributed by atoms with Crippen LogP contribution in [0.15, 0.2) is 0 Å². The maximum atomic E-state index is 13.1. The van der Waals surface area contributed by atoms with Crippen molar-refractivity contribution < 1.29 is 31.5 Å². The standard InChI is InChI=1S/C18H27F5O2/c19-17(20,18(21,22)23)15(14-24)10-6-3-1-2-4-9-13-25-16-11-7-5-8-12-16/h5,15-16H,1-4,6-13H2. The third-order valence-electron chi connectivity index (χ3n) is 4.58. The summed E-state index contributed by atoms with van der Waals surface area (Å²) in [7, 11) is 0. The van der Waals surface area contributed by atoms with Crippen LogP contribution < -0.4 is 0 Å². The maximum absolute atomic E-state index is 13.1. The van der Waals surface area contributed by atoms with Crippen LogP contribution in [0.3, 0.4) is 0 Å². The molecule has 1 fully saturated rings. The average molecular weight is 370 g/mol. The largest absolute Gasteiger partial charge is 0.454 e. The van der Waals surface area contributed by atoms with Crippen LogP contribution in [-0.2, 0) is 9.53 Å². The molecule has 1 aliphatic rings. The lowest BCUT2D eigenvalue weighted by Crippen LogP contribution is -2.44. The molecule has 2 nitrogen and oxygen atoms in total. The second kappa shape index (κ2) is 11.1. The molecule has 1 rings (SSSR count). The molecule has 7 heteroatoms. The molecule has 0 bridgehead atoms. The first kappa shape index (κ1) is 22.3. The Bertz CT molecular complexity index is 365. The number of unbranched alkanes of at least 4 members (excludes halogenated alkanes) is 5. The number of ether oxygens (including phenoxy) is 1. The highest BCUT2D eigenvalue weighted by molar-refractivity contribution is 5.56. The molecular weight excluding hydrogens is 343 g/mol. The molecule has 0 aromatic carbocycles. The van der Waals surface area contributed by atoms with E-state index in [0.717, 1.165) is 57.7 Å². The van der Waals surface area contributed by atoms with Crippen LogP contribution in [0.5, 0.6) is 0 Å². The Morgan fingerprint density at radius 1 is 0.960 bits per heavy atom. The topological polar surface area (TPSA) is 26.3 Å². The van der Waals surface area contributed by atoms with Crippen molar-refractivity contribution in [3.05, 3.63) is 6.42 Å². The minimum Gasteiger partial charge on any atom is -0.378 e. The summed E-state index contributed by atoms with van der Waals surface area (Å²) in [6.07, 6.45) is 5.89. The number of alkyl halides is 5. The van der Waals surface area contributed by atoms with Gasteiger partial charge in [-0.1, -0.05) is 32.1 Å². The zero-order chi connectivity index (χ0) is 18.8. The maximum Gasteiger partial charge on any atom is 0.454 e. The zero-order valence-electron chi connectivity index (χ0n) is 14.4. The summed E-state index contributed by atoms with van der Waals surface area (Å²) in [5, 5.41) is 0. The van der Waals surface area contributed by atoms with Gasteiger partial charge in [-0.15, -0.1) is 0 Å². The fourth-order valence-electron chi connectivity index (χ4n) is 2.98. The summed E-state index contributed by atoms with van der Waals surface area (Å²) >= 11 is 0. The summed E-state index contributed by atoms with van der Waals surface area (Å²) in [5.74, 6) is -7.41. The number of hydrogen-bond donors (Lipinski definition) is 0. The van der Waals surface area contributed by atoms with Crippen LogP contribution in [-0.4, -0.2) is 31.1 Å². The highest BCUT2D eigenvalue weighted by atomic mass is 19.4. The van der Waals surface area contributed by atoms with E-state index in [1.54, 1.807) is 0 Å². The molecule has 0 aromatic heterocycles. The summed E-state index contributed by atoms with van der Waals surface area (Å²) in [6.45, 7) is 0.713. The summed E-state index contributed by atoms with van der Waals surface area (Å²) < 4.78 is 68.5. The summed E-state index contributed by atoms with van der Waals surface area (Å²) in [6, 6.07) is 0. The van der Waals surface area contributed by atoms with Crippen molar-refractivity contribution in [2.45, 2.75) is 88.8 Å². The van der Waals surface area contributed by atoms with E-state index in [0.29, 0.717) is 19.1 Å². The minimum absolute atomic E-state index is 0.167. The smallest absolute Gasteiger partial charge is 0.378 e. The Kier molecular flexibility index (Phi) is 9.90. The van der Waals surface area contributed by atoms with Gasteiger partial charge in [0, 0.05) is 6.61 Å². The predicted octanol–water partition coefficient (Wildman–Crippen LogP) is 5.80. The number of carbonyl (C=O) groups excluding carboxylic acids is 1. The lowest BCUT2D eigenvalue weighted by Gasteiger charge is -2.24. The molecule has 0 aliphatic heterocycles. The predicted molar refractivity (Wildman–Crippen MR) is 85.0 cm³/mol. The first-order valence-electron chi connectivity index (χ1n) is 9.04. The van der Waals surface area contributed by atoms with Crippen LogP contribution >= 0.6 is 0 Å². The Morgan fingerprint density at radius 2 is 1.52 bits per heavy atom. The zero-order valence-corrected chi connectivity index (χ0v) is 14.4. The molecule has 0 saturated heterocycles. The lowest BCUT2D eigenvalue weighted by atomic mass is 9.95. The summed E-state index contributed by atoms with van der Waals surface area (Å²) in [4.78, 5) is 10.4. The number of hydrogen-bond acceptors (Lipinski definition) is 2. The average Bonchev–Trinajstić information content (AvgIpc) is 2.56. The van der Waals surface area contributed by atoms with Crippen molar-refractivity contribution in [3.8, 4) is 0 Å². The molecule has 146 valence electrons. The molecule has 1 aliphatic carbocycles. The Hall–Kier alpha value is -0.720. The molecule has 0 aromatic rings. The van der Waals surface area contributed by atoms with Crippen LogP contribution in [0.1, 0.15) is 70.6 Å². The van der Waals surface area contributed by atoms with Crippen molar-refractivity contribution in [3.63, 3.8) is 0 Å². The van der Waals surface area contributed by atoms with Gasteiger partial charge in [-0.05, 0) is 44.9 Å². The van der Waals surface area contributed by atoms with Crippen LogP contribution in [0.4, 0.5) is 22.0 Å². The van der Waals surface area contributed by atoms with Gasteiger partial charge < -0.3 is 4.74 Å². The number of halogens is 5. The van der Waals surface area contributed by atoms with Crippen molar-refractivity contribution in [2.75, 3.05) is 6.61 Å². The van der Waals surface area contributed by atoms with Gasteiger partial charge in [0.15, 0.2) is 0 Å². The van der Waals surface area contributed by atoms with Crippen molar-refractivity contribution >= 4 is 6.29 Å². The molecule has 1 unspecified atom stereocenters. The quantitative estimate of drug-likeness (QED) is 0.320. The van der Waals surface area contributed by atoms with E-state index in [2.05, 4.69) is 6.42 Å². The molecule has 0 N–H and O–H groups in total. The monoisotopic (exact) mass is 370 g/mol. The van der Waals surface area contributed by atoms with Crippen molar-refractivity contribution in [2.24, 2.45) is 5.92 Å². The molecule has 25 heavy (non-hydrogen) atoms. The Morgan fingerprint density at radius 3 is 2.08 bits per heavy atom. The SMILES string of the molecule is O=[C]C(CCCCCCCCOC1CC[CH]CC1)C(F)(F)C(F)(F)F. The van der Waals surface area contributed by atoms with Crippen LogP contribution in [0.25, 0.3) is 0 Å². The molecule has 1 atom stereocenters. The molecule has 0 spiro atoms. The molecule has 0 amide bonds. The van der Waals surface area contributed by atoms with E-state index >= 15 is 0 Å². The number of rotatable bonds is 12. The van der Waals surface area contributed by atoms with Crippen molar-refractivity contribution in [1.82, 2.24) is 0 Å². The lowest BCUT2D eigenvalue weighted by molar-refractivity contribution is -0.294. The second-order valence-corrected chi connectivity index (χ2v) is 6.64. The van der Waals surface area contributed by atoms with Gasteiger partial charge in [0.1, 0.15) is 0 Å². The van der Waals surface area contributed by atoms with E-state index in [-0.39, 0.29) is 6.42 Å². The summed E-state index contributed by atoms with van der Waals surface area (Å²) in [5.41, 5.74) is 0. The van der Waals surface area contributed by atoms with Gasteiger partial charge in [0.25, 0.3) is 0 Å². The van der Waals surface area contributed by atoms with Gasteiger partial charge in [-0.25, -0.2) is 0 Å². The minimum atomic E-state index is -5.70. The Balaban J connectivity index is 2.02. The fraction of sp³-hybridized carbons (Fsp3) is 0.889. The molecule has 0 heterocycles. The highest BCUT2D eigenvalue weighted by Gasteiger charge is 2.62. The Labute approximate surface area is 146 Å². The molecular formula is C18H27F5O2. The van der Waals surface area contributed by atoms with E-state index in [4.69, 9.17) is 4.74 Å². The van der Waals surface area contributed by atoms with E-state index in [1.807, 2.05) is 0 Å². The first-order valence-corrected chi connectivity index (χ1v) is 9.04. The molecule has 1 saturated carbocycles. The van der Waals surface area contributed by atoms with Gasteiger partial charge in [0.05, 0.1) is 12.0 Å². The van der Waals surface area contributed by atoms with Gasteiger partial charge >= 0.3 is 12.1 Å². The third-order valence-corrected chi connectivity index (χ3v) is 4.58.